The number of hydrogen-bond acceptors (Lipinski definition) is 7. The number of carbonyl (C=O) groups excluding carboxylic acids is 3. The molecule has 0 bridgehead atoms. The van der Waals surface area contributed by atoms with E-state index in [0.717, 1.165) is 51.4 Å². The SMILES string of the molecule is CCCCCC/C=C\CCCCCCCC(=O)OC(COCCC(C(=O)[O-])[N+](C)(C)C)COC(=O)CCCCCCCCCCCCCCCCC. The summed E-state index contributed by atoms with van der Waals surface area (Å²) < 4.78 is 17.1. The highest BCUT2D eigenvalue weighted by molar-refractivity contribution is 5.70. The van der Waals surface area contributed by atoms with Gasteiger partial charge in [-0.2, -0.15) is 0 Å². The molecule has 0 amide bonds. The Balaban J connectivity index is 4.33. The zero-order valence-corrected chi connectivity index (χ0v) is 34.7. The molecule has 0 radical (unpaired) electrons. The molecule has 0 aliphatic rings. The van der Waals surface area contributed by atoms with Gasteiger partial charge in [0.05, 0.1) is 40.3 Å². The van der Waals surface area contributed by atoms with E-state index in [1.807, 2.05) is 0 Å². The standard InChI is InChI=1S/C44H83NO7/c1-6-8-10-12-14-16-18-20-21-23-24-26-28-30-32-34-42(46)51-39-40(38-50-37-36-41(44(48)49)45(3,4)5)52-43(47)35-33-31-29-27-25-22-19-17-15-13-11-9-7-2/h17,19,40-41H,6-16,18,20-39H2,1-5H3/b19-17-. The van der Waals surface area contributed by atoms with Gasteiger partial charge in [0.25, 0.3) is 0 Å². The molecule has 306 valence electrons. The molecule has 52 heavy (non-hydrogen) atoms. The maximum atomic E-state index is 12.7. The number of ether oxygens (including phenoxy) is 3. The molecule has 0 heterocycles. The lowest BCUT2D eigenvalue weighted by atomic mass is 10.0. The Morgan fingerprint density at radius 3 is 1.40 bits per heavy atom. The van der Waals surface area contributed by atoms with Crippen molar-refractivity contribution in [2.75, 3.05) is 41.0 Å². The van der Waals surface area contributed by atoms with Crippen LogP contribution >= 0.6 is 0 Å². The van der Waals surface area contributed by atoms with Crippen LogP contribution in [0.5, 0.6) is 0 Å². The summed E-state index contributed by atoms with van der Waals surface area (Å²) in [7, 11) is 5.41. The van der Waals surface area contributed by atoms with Crippen LogP contribution in [-0.4, -0.2) is 75.5 Å². The van der Waals surface area contributed by atoms with E-state index in [2.05, 4.69) is 26.0 Å². The molecular weight excluding hydrogens is 654 g/mol. The summed E-state index contributed by atoms with van der Waals surface area (Å²) >= 11 is 0. The average Bonchev–Trinajstić information content (AvgIpc) is 3.09. The number of likely N-dealkylation sites (N-methyl/N-ethyl adjacent to an activating group) is 1. The fraction of sp³-hybridized carbons (Fsp3) is 0.886. The maximum absolute atomic E-state index is 12.7. The van der Waals surface area contributed by atoms with Gasteiger partial charge in [0.2, 0.25) is 0 Å². The lowest BCUT2D eigenvalue weighted by Crippen LogP contribution is -2.55. The van der Waals surface area contributed by atoms with Crippen LogP contribution in [0.1, 0.15) is 200 Å². The first-order valence-corrected chi connectivity index (χ1v) is 21.7. The molecule has 0 saturated carbocycles. The summed E-state index contributed by atoms with van der Waals surface area (Å²) in [6.07, 6.45) is 36.5. The van der Waals surface area contributed by atoms with Crippen molar-refractivity contribution in [3.05, 3.63) is 12.2 Å². The van der Waals surface area contributed by atoms with Crippen molar-refractivity contribution in [1.82, 2.24) is 0 Å². The lowest BCUT2D eigenvalue weighted by molar-refractivity contribution is -0.889. The maximum Gasteiger partial charge on any atom is 0.306 e. The van der Waals surface area contributed by atoms with Crippen LogP contribution in [-0.2, 0) is 28.6 Å². The minimum atomic E-state index is -1.12. The predicted octanol–water partition coefficient (Wildman–Crippen LogP) is 10.2. The second-order valence-electron chi connectivity index (χ2n) is 15.9. The van der Waals surface area contributed by atoms with Crippen molar-refractivity contribution in [2.24, 2.45) is 0 Å². The summed E-state index contributed by atoms with van der Waals surface area (Å²) in [6.45, 7) is 4.65. The highest BCUT2D eigenvalue weighted by atomic mass is 16.6. The van der Waals surface area contributed by atoms with E-state index in [0.29, 0.717) is 12.8 Å². The third kappa shape index (κ3) is 33.9. The molecule has 8 heteroatoms. The van der Waals surface area contributed by atoms with Crippen molar-refractivity contribution in [2.45, 2.75) is 212 Å². The topological polar surface area (TPSA) is 102 Å². The minimum absolute atomic E-state index is 0.0427. The number of allylic oxidation sites excluding steroid dienone is 2. The van der Waals surface area contributed by atoms with Crippen LogP contribution in [0.4, 0.5) is 0 Å². The molecule has 0 aromatic carbocycles. The number of carboxylic acid groups (broad SMARTS) is 1. The van der Waals surface area contributed by atoms with E-state index < -0.39 is 18.1 Å². The van der Waals surface area contributed by atoms with Gasteiger partial charge in [-0.1, -0.05) is 154 Å². The fourth-order valence-corrected chi connectivity index (χ4v) is 6.48. The zero-order valence-electron chi connectivity index (χ0n) is 34.7. The van der Waals surface area contributed by atoms with E-state index in [1.165, 1.54) is 116 Å². The molecule has 0 aromatic heterocycles. The summed E-state index contributed by atoms with van der Waals surface area (Å²) in [5, 5.41) is 11.6. The molecule has 0 aliphatic carbocycles. The van der Waals surface area contributed by atoms with Crippen molar-refractivity contribution >= 4 is 17.9 Å². The Kier molecular flexibility index (Phi) is 34.7. The van der Waals surface area contributed by atoms with Crippen molar-refractivity contribution in [3.8, 4) is 0 Å². The first kappa shape index (κ1) is 50.1. The molecule has 0 aromatic rings. The minimum Gasteiger partial charge on any atom is -0.544 e. The van der Waals surface area contributed by atoms with Gasteiger partial charge in [-0.3, -0.25) is 9.59 Å². The Hall–Kier alpha value is -1.93. The molecule has 8 nitrogen and oxygen atoms in total. The lowest BCUT2D eigenvalue weighted by Gasteiger charge is -2.34. The summed E-state index contributed by atoms with van der Waals surface area (Å²) in [5.41, 5.74) is 0. The highest BCUT2D eigenvalue weighted by Crippen LogP contribution is 2.15. The van der Waals surface area contributed by atoms with Gasteiger partial charge in [0, 0.05) is 19.3 Å². The van der Waals surface area contributed by atoms with E-state index in [1.54, 1.807) is 21.1 Å². The summed E-state index contributed by atoms with van der Waals surface area (Å²) in [4.78, 5) is 36.8. The van der Waals surface area contributed by atoms with E-state index in [4.69, 9.17) is 14.2 Å². The van der Waals surface area contributed by atoms with E-state index >= 15 is 0 Å². The molecule has 0 spiro atoms. The van der Waals surface area contributed by atoms with Crippen LogP contribution in [0.15, 0.2) is 12.2 Å². The van der Waals surface area contributed by atoms with E-state index in [9.17, 15) is 19.5 Å². The number of hydrogen-bond donors (Lipinski definition) is 0. The second-order valence-corrected chi connectivity index (χ2v) is 15.9. The van der Waals surface area contributed by atoms with Crippen LogP contribution in [0.3, 0.4) is 0 Å². The quantitative estimate of drug-likeness (QED) is 0.0268. The monoisotopic (exact) mass is 738 g/mol. The predicted molar refractivity (Wildman–Crippen MR) is 213 cm³/mol. The molecule has 0 rings (SSSR count). The molecule has 0 aliphatic heterocycles. The number of carbonyl (C=O) groups is 3. The molecule has 2 atom stereocenters. The largest absolute Gasteiger partial charge is 0.544 e. The number of quaternary nitrogens is 1. The number of rotatable bonds is 39. The molecule has 0 saturated heterocycles. The Labute approximate surface area is 320 Å². The van der Waals surface area contributed by atoms with Gasteiger partial charge in [0.1, 0.15) is 12.6 Å². The van der Waals surface area contributed by atoms with Crippen molar-refractivity contribution in [3.63, 3.8) is 0 Å². The first-order valence-electron chi connectivity index (χ1n) is 21.7. The van der Waals surface area contributed by atoms with Gasteiger partial charge in [-0.15, -0.1) is 0 Å². The Bertz CT molecular complexity index is 869. The third-order valence-electron chi connectivity index (χ3n) is 9.90. The smallest absolute Gasteiger partial charge is 0.306 e. The third-order valence-corrected chi connectivity index (χ3v) is 9.90. The Morgan fingerprint density at radius 2 is 0.962 bits per heavy atom. The summed E-state index contributed by atoms with van der Waals surface area (Å²) in [5.74, 6) is -1.73. The zero-order chi connectivity index (χ0) is 38.5. The summed E-state index contributed by atoms with van der Waals surface area (Å²) in [6, 6.07) is -0.722. The first-order chi connectivity index (χ1) is 25.1. The highest BCUT2D eigenvalue weighted by Gasteiger charge is 2.25. The molecule has 2 unspecified atom stereocenters. The second kappa shape index (κ2) is 36.1. The van der Waals surface area contributed by atoms with Crippen molar-refractivity contribution in [1.29, 1.82) is 0 Å². The van der Waals surface area contributed by atoms with Gasteiger partial charge in [-0.25, -0.2) is 0 Å². The van der Waals surface area contributed by atoms with Crippen LogP contribution in [0.2, 0.25) is 0 Å². The van der Waals surface area contributed by atoms with Gasteiger partial charge in [0.15, 0.2) is 6.10 Å². The normalized spacial score (nSPS) is 13.0. The molecular formula is C44H83NO7. The average molecular weight is 738 g/mol. The van der Waals surface area contributed by atoms with Crippen LogP contribution in [0.25, 0.3) is 0 Å². The molecule has 0 fully saturated rings. The number of aliphatic carboxylic acids is 1. The van der Waals surface area contributed by atoms with Crippen LogP contribution < -0.4 is 5.11 Å². The number of unbranched alkanes of at least 4 members (excludes halogenated alkanes) is 23. The number of carboxylic acids is 1. The fourth-order valence-electron chi connectivity index (χ4n) is 6.48. The molecule has 0 N–H and O–H groups in total. The van der Waals surface area contributed by atoms with Gasteiger partial charge < -0.3 is 28.6 Å². The van der Waals surface area contributed by atoms with Gasteiger partial charge >= 0.3 is 11.9 Å². The Morgan fingerprint density at radius 1 is 0.558 bits per heavy atom. The number of nitrogens with zero attached hydrogens (tertiary/aromatic N) is 1. The van der Waals surface area contributed by atoms with E-state index in [-0.39, 0.29) is 42.7 Å². The van der Waals surface area contributed by atoms with Crippen molar-refractivity contribution < 1.29 is 38.2 Å². The van der Waals surface area contributed by atoms with Crippen LogP contribution in [0, 0.1) is 0 Å². The van der Waals surface area contributed by atoms with Gasteiger partial charge in [-0.05, 0) is 38.5 Å². The number of esters is 2.